The van der Waals surface area contributed by atoms with Crippen LogP contribution >= 0.6 is 0 Å². The van der Waals surface area contributed by atoms with E-state index in [9.17, 15) is 9.59 Å². The number of hydrogen-bond donors (Lipinski definition) is 1. The number of amides is 1. The fraction of sp³-hybridized carbons (Fsp3) is 0.545. The quantitative estimate of drug-likeness (QED) is 0.903. The highest BCUT2D eigenvalue weighted by molar-refractivity contribution is 5.87. The molecule has 0 aliphatic carbocycles. The number of rotatable bonds is 4. The van der Waals surface area contributed by atoms with E-state index in [1.807, 2.05) is 24.0 Å². The normalized spacial score (nSPS) is 23.6. The summed E-state index contributed by atoms with van der Waals surface area (Å²) in [6.45, 7) is 7.29. The van der Waals surface area contributed by atoms with Gasteiger partial charge in [0.1, 0.15) is 5.54 Å². The van der Waals surface area contributed by atoms with Crippen molar-refractivity contribution in [3.8, 4) is 0 Å². The number of carbonyl (C=O) groups is 1. The van der Waals surface area contributed by atoms with E-state index in [2.05, 4.69) is 28.9 Å². The molecule has 0 saturated carbocycles. The summed E-state index contributed by atoms with van der Waals surface area (Å²) >= 11 is 0. The lowest BCUT2D eigenvalue weighted by atomic mass is 9.85. The van der Waals surface area contributed by atoms with Crippen molar-refractivity contribution in [3.05, 3.63) is 45.7 Å². The van der Waals surface area contributed by atoms with E-state index in [0.29, 0.717) is 6.54 Å². The molecule has 1 aromatic carbocycles. The van der Waals surface area contributed by atoms with Gasteiger partial charge in [-0.15, -0.1) is 0 Å². The van der Waals surface area contributed by atoms with Gasteiger partial charge in [0, 0.05) is 30.7 Å². The summed E-state index contributed by atoms with van der Waals surface area (Å²) in [5.74, 6) is 0.279. The molecule has 0 bridgehead atoms. The van der Waals surface area contributed by atoms with Crippen LogP contribution in [-0.4, -0.2) is 45.9 Å². The molecular formula is C22H29N3O2. The third-order valence-corrected chi connectivity index (χ3v) is 6.26. The number of pyridine rings is 1. The number of aromatic amines is 1. The van der Waals surface area contributed by atoms with Crippen LogP contribution < -0.4 is 5.56 Å². The summed E-state index contributed by atoms with van der Waals surface area (Å²) in [6.07, 6.45) is 4.89. The zero-order chi connectivity index (χ0) is 19.0. The van der Waals surface area contributed by atoms with Crippen molar-refractivity contribution in [1.82, 2.24) is 14.8 Å². The van der Waals surface area contributed by atoms with Gasteiger partial charge in [-0.25, -0.2) is 0 Å². The molecule has 27 heavy (non-hydrogen) atoms. The Kier molecular flexibility index (Phi) is 4.81. The number of nitrogens with one attached hydrogen (secondary N) is 1. The molecule has 1 amide bonds. The molecule has 144 valence electrons. The Bertz CT molecular complexity index is 917. The first-order valence-corrected chi connectivity index (χ1v) is 10.2. The van der Waals surface area contributed by atoms with Crippen LogP contribution in [0.4, 0.5) is 0 Å². The Morgan fingerprint density at radius 2 is 1.89 bits per heavy atom. The van der Waals surface area contributed by atoms with E-state index in [-0.39, 0.29) is 11.5 Å². The Morgan fingerprint density at radius 3 is 2.67 bits per heavy atom. The van der Waals surface area contributed by atoms with Crippen LogP contribution in [0.2, 0.25) is 0 Å². The molecule has 0 radical (unpaired) electrons. The highest BCUT2D eigenvalue weighted by Crippen LogP contribution is 2.39. The number of aromatic nitrogens is 1. The molecule has 2 aromatic rings. The predicted molar refractivity (Wildman–Crippen MR) is 108 cm³/mol. The first-order chi connectivity index (χ1) is 13.0. The lowest BCUT2D eigenvalue weighted by Gasteiger charge is -2.44. The number of piperidine rings is 1. The maximum Gasteiger partial charge on any atom is 0.252 e. The maximum atomic E-state index is 13.3. The molecule has 2 saturated heterocycles. The molecule has 2 aliphatic heterocycles. The lowest BCUT2D eigenvalue weighted by Crippen LogP contribution is -2.59. The molecular weight excluding hydrogens is 338 g/mol. The second-order valence-corrected chi connectivity index (χ2v) is 8.17. The van der Waals surface area contributed by atoms with Crippen LogP contribution in [-0.2, 0) is 11.3 Å². The Balaban J connectivity index is 1.64. The highest BCUT2D eigenvalue weighted by Gasteiger charge is 2.50. The highest BCUT2D eigenvalue weighted by atomic mass is 16.2. The van der Waals surface area contributed by atoms with E-state index in [4.69, 9.17) is 0 Å². The van der Waals surface area contributed by atoms with Crippen LogP contribution in [0.25, 0.3) is 10.9 Å². The third-order valence-electron chi connectivity index (χ3n) is 6.26. The largest absolute Gasteiger partial charge is 0.341 e. The molecule has 1 atom stereocenters. The van der Waals surface area contributed by atoms with Gasteiger partial charge >= 0.3 is 0 Å². The molecule has 2 fully saturated rings. The molecule has 1 N–H and O–H groups in total. The van der Waals surface area contributed by atoms with Crippen LogP contribution in [0.3, 0.4) is 0 Å². The van der Waals surface area contributed by atoms with Crippen LogP contribution in [0.1, 0.15) is 50.2 Å². The van der Waals surface area contributed by atoms with E-state index in [1.54, 1.807) is 0 Å². The fourth-order valence-electron chi connectivity index (χ4n) is 4.92. The van der Waals surface area contributed by atoms with Gasteiger partial charge in [-0.3, -0.25) is 14.5 Å². The van der Waals surface area contributed by atoms with Gasteiger partial charge in [0.2, 0.25) is 5.91 Å². The summed E-state index contributed by atoms with van der Waals surface area (Å²) in [6, 6.07) is 8.12. The fourth-order valence-corrected chi connectivity index (χ4v) is 4.92. The van der Waals surface area contributed by atoms with Crippen molar-refractivity contribution in [2.75, 3.05) is 19.6 Å². The van der Waals surface area contributed by atoms with Gasteiger partial charge in [0.25, 0.3) is 5.56 Å². The maximum absolute atomic E-state index is 13.3. The van der Waals surface area contributed by atoms with E-state index < -0.39 is 5.54 Å². The zero-order valence-corrected chi connectivity index (χ0v) is 16.4. The Labute approximate surface area is 160 Å². The van der Waals surface area contributed by atoms with Crippen LogP contribution in [0, 0.1) is 6.92 Å². The first-order valence-electron chi connectivity index (χ1n) is 10.2. The number of nitrogens with zero attached hydrogens (tertiary/aromatic N) is 2. The van der Waals surface area contributed by atoms with Gasteiger partial charge in [-0.2, -0.15) is 0 Å². The molecule has 3 heterocycles. The average Bonchev–Trinajstić information content (AvgIpc) is 3.03. The topological polar surface area (TPSA) is 56.4 Å². The monoisotopic (exact) mass is 367 g/mol. The summed E-state index contributed by atoms with van der Waals surface area (Å²) in [4.78, 5) is 33.3. The van der Waals surface area contributed by atoms with E-state index in [0.717, 1.165) is 73.8 Å². The molecule has 5 nitrogen and oxygen atoms in total. The number of likely N-dealkylation sites (tertiary alicyclic amines) is 2. The van der Waals surface area contributed by atoms with Crippen LogP contribution in [0.15, 0.2) is 29.1 Å². The summed E-state index contributed by atoms with van der Waals surface area (Å²) in [5, 5.41) is 1.05. The van der Waals surface area contributed by atoms with Crippen molar-refractivity contribution in [1.29, 1.82) is 0 Å². The number of carbonyl (C=O) groups excluding carboxylic acids is 1. The average molecular weight is 367 g/mol. The molecule has 1 spiro atoms. The lowest BCUT2D eigenvalue weighted by molar-refractivity contribution is -0.147. The second kappa shape index (κ2) is 7.12. The first kappa shape index (κ1) is 18.2. The zero-order valence-electron chi connectivity index (χ0n) is 16.4. The van der Waals surface area contributed by atoms with Crippen molar-refractivity contribution in [2.24, 2.45) is 0 Å². The number of fused-ring (bicyclic) bond motifs is 1. The van der Waals surface area contributed by atoms with Crippen molar-refractivity contribution < 1.29 is 4.79 Å². The van der Waals surface area contributed by atoms with Crippen molar-refractivity contribution in [3.63, 3.8) is 0 Å². The molecule has 4 rings (SSSR count). The molecule has 1 unspecified atom stereocenters. The summed E-state index contributed by atoms with van der Waals surface area (Å²) in [5.41, 5.74) is 2.33. The van der Waals surface area contributed by atoms with E-state index in [1.165, 1.54) is 0 Å². The molecule has 1 aromatic heterocycles. The minimum atomic E-state index is -0.401. The van der Waals surface area contributed by atoms with Gasteiger partial charge in [-0.05, 0) is 68.7 Å². The van der Waals surface area contributed by atoms with Crippen LogP contribution in [0.5, 0.6) is 0 Å². The van der Waals surface area contributed by atoms with Gasteiger partial charge in [0.05, 0.1) is 0 Å². The second-order valence-electron chi connectivity index (χ2n) is 8.17. The number of benzene rings is 1. The summed E-state index contributed by atoms with van der Waals surface area (Å²) < 4.78 is 0. The number of aryl methyl sites for hydroxylation is 1. The third kappa shape index (κ3) is 3.18. The number of H-pyrrole nitrogens is 1. The minimum Gasteiger partial charge on any atom is -0.341 e. The van der Waals surface area contributed by atoms with Gasteiger partial charge in [-0.1, -0.05) is 19.1 Å². The van der Waals surface area contributed by atoms with E-state index >= 15 is 0 Å². The Morgan fingerprint density at radius 1 is 1.11 bits per heavy atom. The smallest absolute Gasteiger partial charge is 0.252 e. The van der Waals surface area contributed by atoms with Crippen molar-refractivity contribution in [2.45, 2.75) is 58.0 Å². The van der Waals surface area contributed by atoms with Gasteiger partial charge in [0.15, 0.2) is 0 Å². The predicted octanol–water partition coefficient (Wildman–Crippen LogP) is 3.20. The minimum absolute atomic E-state index is 0.0381. The molecule has 2 aliphatic rings. The SMILES string of the molecule is CCCN1CCCC2(CCCN2Cc2cc3ccc(C)cc3[nH]c2=O)C1=O. The Hall–Kier alpha value is -2.14. The van der Waals surface area contributed by atoms with Crippen molar-refractivity contribution >= 4 is 16.8 Å². The van der Waals surface area contributed by atoms with Gasteiger partial charge < -0.3 is 9.88 Å². The standard InChI is InChI=1S/C22H29N3O2/c1-3-10-24-11-4-8-22(21(24)27)9-5-12-25(22)15-18-14-17-7-6-16(2)13-19(17)23-20(18)26/h6-7,13-14H,3-5,8-12,15H2,1-2H3,(H,23,26). The number of hydrogen-bond acceptors (Lipinski definition) is 3. The summed E-state index contributed by atoms with van der Waals surface area (Å²) in [7, 11) is 0. The molecule has 5 heteroatoms.